The van der Waals surface area contributed by atoms with Crippen molar-refractivity contribution in [1.82, 2.24) is 4.90 Å². The number of hydrogen-bond acceptors (Lipinski definition) is 2. The van der Waals surface area contributed by atoms with Crippen molar-refractivity contribution in [3.63, 3.8) is 0 Å². The van der Waals surface area contributed by atoms with Crippen LogP contribution in [0.1, 0.15) is 16.7 Å². The van der Waals surface area contributed by atoms with Crippen molar-refractivity contribution in [3.05, 3.63) is 95.6 Å². The maximum Gasteiger partial charge on any atom is 0.226 e. The van der Waals surface area contributed by atoms with Crippen molar-refractivity contribution in [2.75, 3.05) is 13.6 Å². The van der Waals surface area contributed by atoms with Crippen LogP contribution in [0.25, 0.3) is 11.1 Å². The Morgan fingerprint density at radius 1 is 0.893 bits per heavy atom. The van der Waals surface area contributed by atoms with Gasteiger partial charge in [-0.05, 0) is 27.8 Å². The largest absolute Gasteiger partial charge is 0.371 e. The molecular weight excluding hydrogens is 346 g/mol. The van der Waals surface area contributed by atoms with Crippen molar-refractivity contribution >= 4 is 5.91 Å². The molecule has 0 spiro atoms. The molecule has 0 aromatic heterocycles. The van der Waals surface area contributed by atoms with Gasteiger partial charge in [0.15, 0.2) is 0 Å². The molecule has 3 aromatic rings. The Kier molecular flexibility index (Phi) is 5.54. The molecule has 1 amide bonds. The second-order valence-electron chi connectivity index (χ2n) is 7.42. The second-order valence-corrected chi connectivity index (χ2v) is 7.42. The average Bonchev–Trinajstić information content (AvgIpc) is 2.75. The molecule has 1 aliphatic rings. The summed E-state index contributed by atoms with van der Waals surface area (Å²) in [5, 5.41) is 0. The molecule has 0 N–H and O–H groups in total. The molecule has 0 saturated carbocycles. The summed E-state index contributed by atoms with van der Waals surface area (Å²) in [4.78, 5) is 14.5. The van der Waals surface area contributed by atoms with E-state index in [1.54, 1.807) is 4.90 Å². The molecule has 3 heteroatoms. The molecular formula is C25H25NO2. The van der Waals surface area contributed by atoms with E-state index in [1.807, 2.05) is 43.4 Å². The lowest BCUT2D eigenvalue weighted by molar-refractivity contribution is -0.131. The summed E-state index contributed by atoms with van der Waals surface area (Å²) in [5.74, 6) is 0.120. The summed E-state index contributed by atoms with van der Waals surface area (Å²) in [6, 6.07) is 26.9. The van der Waals surface area contributed by atoms with Crippen LogP contribution in [0.4, 0.5) is 0 Å². The number of likely N-dealkylation sites (N-methyl/N-ethyl adjacent to an activating group) is 1. The van der Waals surface area contributed by atoms with Gasteiger partial charge in [-0.15, -0.1) is 0 Å². The highest BCUT2D eigenvalue weighted by molar-refractivity contribution is 5.79. The lowest BCUT2D eigenvalue weighted by Gasteiger charge is -2.29. The van der Waals surface area contributed by atoms with E-state index in [1.165, 1.54) is 22.3 Å². The van der Waals surface area contributed by atoms with Gasteiger partial charge in [0.2, 0.25) is 5.91 Å². The molecule has 0 aliphatic carbocycles. The topological polar surface area (TPSA) is 29.5 Å². The summed E-state index contributed by atoms with van der Waals surface area (Å²) in [6.45, 7) is 1.25. The molecule has 28 heavy (non-hydrogen) atoms. The summed E-state index contributed by atoms with van der Waals surface area (Å²) in [7, 11) is 1.87. The van der Waals surface area contributed by atoms with Crippen molar-refractivity contribution in [3.8, 4) is 11.1 Å². The van der Waals surface area contributed by atoms with E-state index < -0.39 is 0 Å². The van der Waals surface area contributed by atoms with Gasteiger partial charge < -0.3 is 9.64 Å². The fourth-order valence-corrected chi connectivity index (χ4v) is 3.69. The van der Waals surface area contributed by atoms with E-state index >= 15 is 0 Å². The van der Waals surface area contributed by atoms with Gasteiger partial charge in [0.05, 0.1) is 19.1 Å². The zero-order chi connectivity index (χ0) is 19.3. The summed E-state index contributed by atoms with van der Waals surface area (Å²) >= 11 is 0. The van der Waals surface area contributed by atoms with Crippen LogP contribution in [0.5, 0.6) is 0 Å². The van der Waals surface area contributed by atoms with Gasteiger partial charge in [0, 0.05) is 20.0 Å². The van der Waals surface area contributed by atoms with Crippen LogP contribution >= 0.6 is 0 Å². The molecule has 1 atom stereocenters. The third kappa shape index (κ3) is 4.32. The van der Waals surface area contributed by atoms with Gasteiger partial charge in [-0.1, -0.05) is 78.9 Å². The highest BCUT2D eigenvalue weighted by Crippen LogP contribution is 2.22. The average molecular weight is 371 g/mol. The Hall–Kier alpha value is -2.91. The zero-order valence-corrected chi connectivity index (χ0v) is 16.2. The lowest BCUT2D eigenvalue weighted by atomic mass is 9.99. The van der Waals surface area contributed by atoms with E-state index in [0.29, 0.717) is 19.6 Å². The van der Waals surface area contributed by atoms with Gasteiger partial charge >= 0.3 is 0 Å². The third-order valence-electron chi connectivity index (χ3n) is 5.36. The molecule has 0 saturated heterocycles. The quantitative estimate of drug-likeness (QED) is 0.661. The molecule has 1 unspecified atom stereocenters. The molecule has 3 nitrogen and oxygen atoms in total. The predicted octanol–water partition coefficient (Wildman–Crippen LogP) is 4.50. The molecule has 1 heterocycles. The van der Waals surface area contributed by atoms with E-state index in [4.69, 9.17) is 4.74 Å². The first kappa shape index (κ1) is 18.5. The number of hydrogen-bond donors (Lipinski definition) is 0. The number of carbonyl (C=O) groups excluding carboxylic acids is 1. The Balaban J connectivity index is 1.33. The van der Waals surface area contributed by atoms with Crippen molar-refractivity contribution in [2.45, 2.75) is 25.6 Å². The molecule has 1 aliphatic heterocycles. The number of nitrogens with zero attached hydrogens (tertiary/aromatic N) is 1. The van der Waals surface area contributed by atoms with Crippen LogP contribution in [0.3, 0.4) is 0 Å². The number of amides is 1. The summed E-state index contributed by atoms with van der Waals surface area (Å²) in [6.07, 6.45) is 1.33. The second kappa shape index (κ2) is 8.41. The Labute approximate surface area is 166 Å². The maximum atomic E-state index is 12.7. The summed E-state index contributed by atoms with van der Waals surface area (Å²) in [5.41, 5.74) is 5.97. The molecule has 0 bridgehead atoms. The minimum atomic E-state index is 0.0595. The van der Waals surface area contributed by atoms with Gasteiger partial charge in [0.1, 0.15) is 0 Å². The number of ether oxygens (including phenoxy) is 1. The van der Waals surface area contributed by atoms with Crippen LogP contribution in [0.2, 0.25) is 0 Å². The Morgan fingerprint density at radius 2 is 1.54 bits per heavy atom. The van der Waals surface area contributed by atoms with Crippen LogP contribution in [-0.2, 0) is 29.0 Å². The highest BCUT2D eigenvalue weighted by atomic mass is 16.5. The van der Waals surface area contributed by atoms with Gasteiger partial charge in [-0.2, -0.15) is 0 Å². The number of benzene rings is 3. The Morgan fingerprint density at radius 3 is 2.29 bits per heavy atom. The molecule has 4 rings (SSSR count). The highest BCUT2D eigenvalue weighted by Gasteiger charge is 2.22. The number of rotatable bonds is 5. The first-order chi connectivity index (χ1) is 13.7. The standard InChI is InChI=1S/C25H25NO2/c1-26(17-24-16-22-9-5-6-10-23(22)18-28-24)25(27)15-19-11-13-21(14-12-19)20-7-3-2-4-8-20/h2-14,24H,15-18H2,1H3. The summed E-state index contributed by atoms with van der Waals surface area (Å²) < 4.78 is 5.95. The van der Waals surface area contributed by atoms with E-state index in [9.17, 15) is 4.79 Å². The van der Waals surface area contributed by atoms with Crippen molar-refractivity contribution in [1.29, 1.82) is 0 Å². The first-order valence-corrected chi connectivity index (χ1v) is 9.76. The van der Waals surface area contributed by atoms with E-state index in [2.05, 4.69) is 42.5 Å². The zero-order valence-electron chi connectivity index (χ0n) is 16.2. The van der Waals surface area contributed by atoms with Gasteiger partial charge in [0.25, 0.3) is 0 Å². The minimum Gasteiger partial charge on any atom is -0.371 e. The molecule has 0 radical (unpaired) electrons. The van der Waals surface area contributed by atoms with Crippen molar-refractivity contribution < 1.29 is 9.53 Å². The lowest BCUT2D eigenvalue weighted by Crippen LogP contribution is -2.38. The van der Waals surface area contributed by atoms with Gasteiger partial charge in [-0.3, -0.25) is 4.79 Å². The SMILES string of the molecule is CN(CC1Cc2ccccc2CO1)C(=O)Cc1ccc(-c2ccccc2)cc1. The number of carbonyl (C=O) groups is 1. The molecule has 142 valence electrons. The fraction of sp³-hybridized carbons (Fsp3) is 0.240. The smallest absolute Gasteiger partial charge is 0.226 e. The normalized spacial score (nSPS) is 15.7. The van der Waals surface area contributed by atoms with Crippen LogP contribution < -0.4 is 0 Å². The van der Waals surface area contributed by atoms with Crippen molar-refractivity contribution in [2.24, 2.45) is 0 Å². The monoisotopic (exact) mass is 371 g/mol. The predicted molar refractivity (Wildman–Crippen MR) is 112 cm³/mol. The first-order valence-electron chi connectivity index (χ1n) is 9.76. The van der Waals surface area contributed by atoms with Crippen LogP contribution in [-0.4, -0.2) is 30.5 Å². The maximum absolute atomic E-state index is 12.7. The third-order valence-corrected chi connectivity index (χ3v) is 5.36. The van der Waals surface area contributed by atoms with Crippen LogP contribution in [0, 0.1) is 0 Å². The minimum absolute atomic E-state index is 0.0595. The van der Waals surface area contributed by atoms with Crippen LogP contribution in [0.15, 0.2) is 78.9 Å². The molecule has 0 fully saturated rings. The van der Waals surface area contributed by atoms with E-state index in [-0.39, 0.29) is 12.0 Å². The van der Waals surface area contributed by atoms with Gasteiger partial charge in [-0.25, -0.2) is 0 Å². The molecule has 3 aromatic carbocycles. The number of fused-ring (bicyclic) bond motifs is 1. The van der Waals surface area contributed by atoms with E-state index in [0.717, 1.165) is 12.0 Å². The Bertz CT molecular complexity index is 934. The fourth-order valence-electron chi connectivity index (χ4n) is 3.69.